The predicted molar refractivity (Wildman–Crippen MR) is 65.6 cm³/mol. The molecule has 1 nitrogen and oxygen atoms in total. The number of hydrogen-bond acceptors (Lipinski definition) is 1. The molecule has 0 saturated heterocycles. The first-order valence-corrected chi connectivity index (χ1v) is 5.87. The minimum absolute atomic E-state index is 0.111. The Bertz CT molecular complexity index is 331. The summed E-state index contributed by atoms with van der Waals surface area (Å²) in [5.74, 6) is -0.191. The number of halogens is 2. The van der Waals surface area contributed by atoms with Crippen LogP contribution in [0.25, 0.3) is 0 Å². The van der Waals surface area contributed by atoms with Crippen LogP contribution in [0.2, 0.25) is 0 Å². The molecule has 0 heterocycles. The molecule has 0 aromatic heterocycles. The second-order valence-electron chi connectivity index (χ2n) is 4.64. The molecule has 1 N–H and O–H groups in total. The summed E-state index contributed by atoms with van der Waals surface area (Å²) in [6.45, 7) is 7.21. The monoisotopic (exact) mass is 273 g/mol. The zero-order valence-electron chi connectivity index (χ0n) is 9.40. The Morgan fingerprint density at radius 1 is 1.33 bits per heavy atom. The van der Waals surface area contributed by atoms with Crippen molar-refractivity contribution in [2.45, 2.75) is 32.7 Å². The fraction of sp³-hybridized carbons (Fsp3) is 0.500. The number of nitrogens with one attached hydrogen (secondary N) is 1. The predicted octanol–water partition coefficient (Wildman–Crippen LogP) is 3.52. The highest BCUT2D eigenvalue weighted by molar-refractivity contribution is 9.10. The minimum atomic E-state index is -0.191. The third-order valence-corrected chi connectivity index (χ3v) is 2.97. The SMILES string of the molecule is CC(C)(C)NCCc1cccc(F)c1Br. The first kappa shape index (κ1) is 12.7. The normalized spacial score (nSPS) is 11.8. The van der Waals surface area contributed by atoms with E-state index < -0.39 is 0 Å². The fourth-order valence-electron chi connectivity index (χ4n) is 1.31. The van der Waals surface area contributed by atoms with E-state index >= 15 is 0 Å². The molecule has 0 unspecified atom stereocenters. The Labute approximate surface area is 99.2 Å². The van der Waals surface area contributed by atoms with Crippen LogP contribution in [0.1, 0.15) is 26.3 Å². The molecule has 0 aliphatic heterocycles. The second-order valence-corrected chi connectivity index (χ2v) is 5.43. The molecule has 0 radical (unpaired) electrons. The average Bonchev–Trinajstić information content (AvgIpc) is 2.10. The van der Waals surface area contributed by atoms with Gasteiger partial charge < -0.3 is 5.32 Å². The van der Waals surface area contributed by atoms with Gasteiger partial charge in [-0.3, -0.25) is 0 Å². The zero-order chi connectivity index (χ0) is 11.5. The van der Waals surface area contributed by atoms with Crippen molar-refractivity contribution in [1.29, 1.82) is 0 Å². The van der Waals surface area contributed by atoms with E-state index in [0.717, 1.165) is 18.5 Å². The molecule has 0 fully saturated rings. The van der Waals surface area contributed by atoms with Crippen molar-refractivity contribution in [2.75, 3.05) is 6.54 Å². The fourth-order valence-corrected chi connectivity index (χ4v) is 1.78. The molecule has 1 aromatic carbocycles. The summed E-state index contributed by atoms with van der Waals surface area (Å²) in [5.41, 5.74) is 1.12. The van der Waals surface area contributed by atoms with Crippen LogP contribution in [0.3, 0.4) is 0 Å². The van der Waals surface area contributed by atoms with Gasteiger partial charge >= 0.3 is 0 Å². The Hall–Kier alpha value is -0.410. The Morgan fingerprint density at radius 3 is 2.60 bits per heavy atom. The Balaban J connectivity index is 2.55. The van der Waals surface area contributed by atoms with E-state index in [2.05, 4.69) is 42.0 Å². The number of rotatable bonds is 3. The number of hydrogen-bond donors (Lipinski definition) is 1. The maximum atomic E-state index is 13.2. The van der Waals surface area contributed by atoms with Crippen molar-refractivity contribution >= 4 is 15.9 Å². The van der Waals surface area contributed by atoms with Gasteiger partial charge in [-0.05, 0) is 61.3 Å². The van der Waals surface area contributed by atoms with E-state index in [4.69, 9.17) is 0 Å². The van der Waals surface area contributed by atoms with Gasteiger partial charge in [-0.1, -0.05) is 12.1 Å². The molecule has 1 aromatic rings. The molecular formula is C12H17BrFN. The minimum Gasteiger partial charge on any atom is -0.312 e. The lowest BCUT2D eigenvalue weighted by molar-refractivity contribution is 0.429. The first-order valence-electron chi connectivity index (χ1n) is 5.08. The van der Waals surface area contributed by atoms with Crippen LogP contribution in [0, 0.1) is 5.82 Å². The largest absolute Gasteiger partial charge is 0.312 e. The lowest BCUT2D eigenvalue weighted by Gasteiger charge is -2.20. The van der Waals surface area contributed by atoms with E-state index in [0.29, 0.717) is 4.47 Å². The second kappa shape index (κ2) is 5.08. The molecule has 0 aliphatic rings. The van der Waals surface area contributed by atoms with Gasteiger partial charge in [-0.2, -0.15) is 0 Å². The molecule has 0 bridgehead atoms. The van der Waals surface area contributed by atoms with Crippen LogP contribution in [0.4, 0.5) is 4.39 Å². The lowest BCUT2D eigenvalue weighted by atomic mass is 10.1. The molecule has 0 saturated carbocycles. The van der Waals surface area contributed by atoms with Gasteiger partial charge in [0.2, 0.25) is 0 Å². The Morgan fingerprint density at radius 2 is 2.00 bits per heavy atom. The van der Waals surface area contributed by atoms with Gasteiger partial charge in [0.05, 0.1) is 4.47 Å². The van der Waals surface area contributed by atoms with Crippen molar-refractivity contribution < 1.29 is 4.39 Å². The van der Waals surface area contributed by atoms with Gasteiger partial charge in [-0.15, -0.1) is 0 Å². The van der Waals surface area contributed by atoms with Crippen LogP contribution in [0.15, 0.2) is 22.7 Å². The van der Waals surface area contributed by atoms with Gasteiger partial charge in [0.15, 0.2) is 0 Å². The maximum Gasteiger partial charge on any atom is 0.137 e. The lowest BCUT2D eigenvalue weighted by Crippen LogP contribution is -2.37. The van der Waals surface area contributed by atoms with E-state index in [1.807, 2.05) is 6.07 Å². The summed E-state index contributed by atoms with van der Waals surface area (Å²) in [5, 5.41) is 3.37. The highest BCUT2D eigenvalue weighted by Gasteiger charge is 2.09. The van der Waals surface area contributed by atoms with Crippen molar-refractivity contribution in [3.8, 4) is 0 Å². The molecule has 15 heavy (non-hydrogen) atoms. The highest BCUT2D eigenvalue weighted by atomic mass is 79.9. The molecule has 84 valence electrons. The summed E-state index contributed by atoms with van der Waals surface area (Å²) in [6.07, 6.45) is 0.829. The smallest absolute Gasteiger partial charge is 0.137 e. The summed E-state index contributed by atoms with van der Waals surface area (Å²) >= 11 is 3.26. The maximum absolute atomic E-state index is 13.2. The summed E-state index contributed by atoms with van der Waals surface area (Å²) in [6, 6.07) is 5.15. The highest BCUT2D eigenvalue weighted by Crippen LogP contribution is 2.20. The number of benzene rings is 1. The van der Waals surface area contributed by atoms with Crippen LogP contribution < -0.4 is 5.32 Å². The average molecular weight is 274 g/mol. The van der Waals surface area contributed by atoms with Gasteiger partial charge in [-0.25, -0.2) is 4.39 Å². The van der Waals surface area contributed by atoms with Crippen molar-refractivity contribution in [1.82, 2.24) is 5.32 Å². The van der Waals surface area contributed by atoms with Crippen molar-refractivity contribution in [3.63, 3.8) is 0 Å². The quantitative estimate of drug-likeness (QED) is 0.889. The van der Waals surface area contributed by atoms with E-state index in [1.54, 1.807) is 6.07 Å². The third-order valence-electron chi connectivity index (χ3n) is 2.08. The van der Waals surface area contributed by atoms with Crippen LogP contribution in [0.5, 0.6) is 0 Å². The molecule has 3 heteroatoms. The molecule has 0 amide bonds. The molecule has 0 aliphatic carbocycles. The van der Waals surface area contributed by atoms with Crippen molar-refractivity contribution in [2.24, 2.45) is 0 Å². The van der Waals surface area contributed by atoms with Crippen LogP contribution >= 0.6 is 15.9 Å². The summed E-state index contributed by atoms with van der Waals surface area (Å²) in [7, 11) is 0. The summed E-state index contributed by atoms with van der Waals surface area (Å²) in [4.78, 5) is 0. The Kier molecular flexibility index (Phi) is 4.29. The standard InChI is InChI=1S/C12H17BrFN/c1-12(2,3)15-8-7-9-5-4-6-10(14)11(9)13/h4-6,15H,7-8H2,1-3H3. The third kappa shape index (κ3) is 4.31. The first-order chi connectivity index (χ1) is 6.90. The van der Waals surface area contributed by atoms with Gasteiger partial charge in [0.1, 0.15) is 5.82 Å². The van der Waals surface area contributed by atoms with Gasteiger partial charge in [0.25, 0.3) is 0 Å². The zero-order valence-corrected chi connectivity index (χ0v) is 11.0. The van der Waals surface area contributed by atoms with Gasteiger partial charge in [0, 0.05) is 5.54 Å². The molecular weight excluding hydrogens is 257 g/mol. The van der Waals surface area contributed by atoms with Crippen molar-refractivity contribution in [3.05, 3.63) is 34.1 Å². The molecule has 1 rings (SSSR count). The van der Waals surface area contributed by atoms with E-state index in [-0.39, 0.29) is 11.4 Å². The topological polar surface area (TPSA) is 12.0 Å². The summed E-state index contributed by atoms with van der Waals surface area (Å²) < 4.78 is 13.8. The van der Waals surface area contributed by atoms with E-state index in [9.17, 15) is 4.39 Å². The van der Waals surface area contributed by atoms with Crippen LogP contribution in [-0.4, -0.2) is 12.1 Å². The molecule has 0 atom stereocenters. The molecule has 0 spiro atoms. The van der Waals surface area contributed by atoms with Crippen LogP contribution in [-0.2, 0) is 6.42 Å². The van der Waals surface area contributed by atoms with E-state index in [1.165, 1.54) is 6.07 Å².